The molecule has 0 aliphatic heterocycles. The molecule has 1 N–H and O–H groups in total. The number of halogens is 3. The standard InChI is InChI=1S/C13H17F3O4S/c1-9(2)21(18,19)6-5-20-12-4-3-10(8-17)7-11(12)13(14,15)16/h3-4,7,9,17H,5-6,8H2,1-2H3. The number of hydrogen-bond acceptors (Lipinski definition) is 4. The molecule has 0 radical (unpaired) electrons. The number of alkyl halides is 3. The van der Waals surface area contributed by atoms with Gasteiger partial charge >= 0.3 is 6.18 Å². The van der Waals surface area contributed by atoms with Crippen molar-refractivity contribution in [2.45, 2.75) is 31.9 Å². The second-order valence-electron chi connectivity index (χ2n) is 4.75. The lowest BCUT2D eigenvalue weighted by Crippen LogP contribution is -2.22. The van der Waals surface area contributed by atoms with E-state index in [0.717, 1.165) is 12.1 Å². The number of aliphatic hydroxyl groups excluding tert-OH is 1. The fourth-order valence-electron chi connectivity index (χ4n) is 1.53. The first kappa shape index (κ1) is 17.8. The van der Waals surface area contributed by atoms with Gasteiger partial charge in [-0.05, 0) is 31.5 Å². The Hall–Kier alpha value is -1.28. The van der Waals surface area contributed by atoms with Crippen molar-refractivity contribution < 1.29 is 31.4 Å². The Labute approximate surface area is 121 Å². The molecule has 0 fully saturated rings. The molecule has 0 aliphatic rings. The SMILES string of the molecule is CC(C)S(=O)(=O)CCOc1ccc(CO)cc1C(F)(F)F. The topological polar surface area (TPSA) is 63.6 Å². The molecule has 0 aromatic heterocycles. The van der Waals surface area contributed by atoms with Gasteiger partial charge < -0.3 is 9.84 Å². The predicted octanol–water partition coefficient (Wildman–Crippen LogP) is 2.40. The Morgan fingerprint density at radius 1 is 1.29 bits per heavy atom. The van der Waals surface area contributed by atoms with Crippen molar-refractivity contribution in [1.29, 1.82) is 0 Å². The molecular formula is C13H17F3O4S. The van der Waals surface area contributed by atoms with Crippen molar-refractivity contribution in [2.24, 2.45) is 0 Å². The van der Waals surface area contributed by atoms with Crippen LogP contribution in [0, 0.1) is 0 Å². The smallest absolute Gasteiger partial charge is 0.419 e. The van der Waals surface area contributed by atoms with Crippen LogP contribution < -0.4 is 4.74 Å². The zero-order valence-corrected chi connectivity index (χ0v) is 12.5. The Balaban J connectivity index is 2.89. The highest BCUT2D eigenvalue weighted by atomic mass is 32.2. The summed E-state index contributed by atoms with van der Waals surface area (Å²) in [5.41, 5.74) is -0.930. The van der Waals surface area contributed by atoms with Crippen LogP contribution in [-0.2, 0) is 22.6 Å². The maximum absolute atomic E-state index is 12.9. The third-order valence-corrected chi connectivity index (χ3v) is 5.05. The average molecular weight is 326 g/mol. The molecule has 0 aliphatic carbocycles. The molecule has 1 aromatic rings. The monoisotopic (exact) mass is 326 g/mol. The number of sulfone groups is 1. The predicted molar refractivity (Wildman–Crippen MR) is 71.8 cm³/mol. The first-order valence-corrected chi connectivity index (χ1v) is 7.95. The van der Waals surface area contributed by atoms with Crippen LogP contribution in [0.3, 0.4) is 0 Å². The molecule has 120 valence electrons. The Morgan fingerprint density at radius 3 is 2.38 bits per heavy atom. The van der Waals surface area contributed by atoms with Crippen LogP contribution in [0.5, 0.6) is 5.75 Å². The largest absolute Gasteiger partial charge is 0.492 e. The van der Waals surface area contributed by atoms with E-state index in [9.17, 15) is 21.6 Å². The van der Waals surface area contributed by atoms with Gasteiger partial charge in [0.25, 0.3) is 0 Å². The second-order valence-corrected chi connectivity index (χ2v) is 7.43. The van der Waals surface area contributed by atoms with Crippen LogP contribution in [0.25, 0.3) is 0 Å². The van der Waals surface area contributed by atoms with Gasteiger partial charge in [-0.2, -0.15) is 13.2 Å². The fourth-order valence-corrected chi connectivity index (χ4v) is 2.31. The molecule has 21 heavy (non-hydrogen) atoms. The maximum Gasteiger partial charge on any atom is 0.419 e. The van der Waals surface area contributed by atoms with Gasteiger partial charge in [-0.25, -0.2) is 8.42 Å². The molecule has 0 saturated carbocycles. The first-order chi connectivity index (χ1) is 9.58. The summed E-state index contributed by atoms with van der Waals surface area (Å²) >= 11 is 0. The van der Waals surface area contributed by atoms with Crippen molar-refractivity contribution in [3.8, 4) is 5.75 Å². The lowest BCUT2D eigenvalue weighted by atomic mass is 10.1. The molecule has 8 heteroatoms. The van der Waals surface area contributed by atoms with Crippen LogP contribution in [0.4, 0.5) is 13.2 Å². The summed E-state index contributed by atoms with van der Waals surface area (Å²) in [6.07, 6.45) is -4.64. The number of hydrogen-bond donors (Lipinski definition) is 1. The lowest BCUT2D eigenvalue weighted by molar-refractivity contribution is -0.139. The summed E-state index contributed by atoms with van der Waals surface area (Å²) in [7, 11) is -3.38. The van der Waals surface area contributed by atoms with Gasteiger partial charge in [0.1, 0.15) is 12.4 Å². The summed E-state index contributed by atoms with van der Waals surface area (Å²) in [4.78, 5) is 0. The van der Waals surface area contributed by atoms with E-state index in [4.69, 9.17) is 9.84 Å². The van der Waals surface area contributed by atoms with E-state index in [1.165, 1.54) is 19.9 Å². The van der Waals surface area contributed by atoms with E-state index in [-0.39, 0.29) is 17.9 Å². The molecule has 0 amide bonds. The highest BCUT2D eigenvalue weighted by Crippen LogP contribution is 2.36. The van der Waals surface area contributed by atoms with E-state index in [2.05, 4.69) is 0 Å². The zero-order valence-electron chi connectivity index (χ0n) is 11.6. The molecule has 1 aromatic carbocycles. The minimum absolute atomic E-state index is 0.101. The van der Waals surface area contributed by atoms with Crippen LogP contribution in [0.2, 0.25) is 0 Å². The van der Waals surface area contributed by atoms with Crippen LogP contribution in [-0.4, -0.2) is 31.1 Å². The van der Waals surface area contributed by atoms with Crippen molar-refractivity contribution in [2.75, 3.05) is 12.4 Å². The van der Waals surface area contributed by atoms with Crippen molar-refractivity contribution >= 4 is 9.84 Å². The van der Waals surface area contributed by atoms with Crippen molar-refractivity contribution in [3.05, 3.63) is 29.3 Å². The van der Waals surface area contributed by atoms with Gasteiger partial charge in [0.05, 0.1) is 23.2 Å². The van der Waals surface area contributed by atoms with Crippen molar-refractivity contribution in [1.82, 2.24) is 0 Å². The average Bonchev–Trinajstić information content (AvgIpc) is 2.37. The highest BCUT2D eigenvalue weighted by Gasteiger charge is 2.34. The van der Waals surface area contributed by atoms with Gasteiger partial charge in [-0.15, -0.1) is 0 Å². The Bertz CT molecular complexity index is 580. The van der Waals surface area contributed by atoms with E-state index < -0.39 is 39.2 Å². The summed E-state index contributed by atoms with van der Waals surface area (Å²) in [5, 5.41) is 8.26. The third-order valence-electron chi connectivity index (χ3n) is 2.88. The van der Waals surface area contributed by atoms with Crippen LogP contribution in [0.1, 0.15) is 25.0 Å². The van der Waals surface area contributed by atoms with Crippen LogP contribution in [0.15, 0.2) is 18.2 Å². The third kappa shape index (κ3) is 4.89. The molecular weight excluding hydrogens is 309 g/mol. The number of aliphatic hydroxyl groups is 1. The summed E-state index contributed by atoms with van der Waals surface area (Å²) in [6, 6.07) is 3.16. The van der Waals surface area contributed by atoms with Gasteiger partial charge in [0.15, 0.2) is 9.84 Å². The second kappa shape index (κ2) is 6.65. The summed E-state index contributed by atoms with van der Waals surface area (Å²) in [6.45, 7) is 2.10. The molecule has 0 heterocycles. The Morgan fingerprint density at radius 2 is 1.90 bits per heavy atom. The molecule has 0 unspecified atom stereocenters. The van der Waals surface area contributed by atoms with Crippen LogP contribution >= 0.6 is 0 Å². The van der Waals surface area contributed by atoms with Gasteiger partial charge in [-0.1, -0.05) is 6.07 Å². The molecule has 0 bridgehead atoms. The molecule has 0 saturated heterocycles. The Kier molecular flexibility index (Phi) is 5.63. The fraction of sp³-hybridized carbons (Fsp3) is 0.538. The van der Waals surface area contributed by atoms with E-state index in [1.807, 2.05) is 0 Å². The normalized spacial score (nSPS) is 12.7. The van der Waals surface area contributed by atoms with Crippen molar-refractivity contribution in [3.63, 3.8) is 0 Å². The van der Waals surface area contributed by atoms with Gasteiger partial charge in [0, 0.05) is 0 Å². The summed E-state index contributed by atoms with van der Waals surface area (Å²) in [5.74, 6) is -0.803. The highest BCUT2D eigenvalue weighted by molar-refractivity contribution is 7.91. The maximum atomic E-state index is 12.9. The molecule has 1 rings (SSSR count). The first-order valence-electron chi connectivity index (χ1n) is 6.23. The lowest BCUT2D eigenvalue weighted by Gasteiger charge is -2.15. The van der Waals surface area contributed by atoms with Gasteiger partial charge in [0.2, 0.25) is 0 Å². The van der Waals surface area contributed by atoms with Gasteiger partial charge in [-0.3, -0.25) is 0 Å². The van der Waals surface area contributed by atoms with E-state index >= 15 is 0 Å². The number of rotatable bonds is 6. The molecule has 4 nitrogen and oxygen atoms in total. The number of ether oxygens (including phenoxy) is 1. The minimum atomic E-state index is -4.64. The van der Waals surface area contributed by atoms with E-state index in [1.54, 1.807) is 0 Å². The molecule has 0 spiro atoms. The zero-order chi connectivity index (χ0) is 16.3. The number of benzene rings is 1. The van der Waals surface area contributed by atoms with E-state index in [0.29, 0.717) is 0 Å². The molecule has 0 atom stereocenters. The summed E-state index contributed by atoms with van der Waals surface area (Å²) < 4.78 is 66.7. The quantitative estimate of drug-likeness (QED) is 0.872. The minimum Gasteiger partial charge on any atom is -0.492 e.